The molecule has 0 atom stereocenters. The molecule has 158 valence electrons. The van der Waals surface area contributed by atoms with Gasteiger partial charge in [-0.15, -0.1) is 11.3 Å². The maximum atomic E-state index is 12.5. The highest BCUT2D eigenvalue weighted by atomic mass is 32.1. The summed E-state index contributed by atoms with van der Waals surface area (Å²) in [5.74, 6) is 0.676. The van der Waals surface area contributed by atoms with Crippen LogP contribution in [-0.4, -0.2) is 50.7 Å². The van der Waals surface area contributed by atoms with E-state index in [0.717, 1.165) is 55.8 Å². The minimum atomic E-state index is -0.0466. The van der Waals surface area contributed by atoms with Crippen molar-refractivity contribution < 1.29 is 9.59 Å². The molecule has 1 fully saturated rings. The summed E-state index contributed by atoms with van der Waals surface area (Å²) in [5, 5.41) is 5.79. The number of nitrogens with zero attached hydrogens (tertiary/aromatic N) is 4. The fourth-order valence-corrected chi connectivity index (χ4v) is 4.55. The molecule has 0 aliphatic carbocycles. The molecule has 8 heteroatoms. The number of carbonyl (C=O) groups excluding carboxylic acids is 2. The number of hydrogen-bond donors (Lipinski definition) is 1. The van der Waals surface area contributed by atoms with Crippen molar-refractivity contribution in [2.24, 2.45) is 5.92 Å². The first kappa shape index (κ1) is 20.5. The van der Waals surface area contributed by atoms with Crippen LogP contribution in [0.15, 0.2) is 36.1 Å². The van der Waals surface area contributed by atoms with Crippen molar-refractivity contribution in [3.8, 4) is 0 Å². The summed E-state index contributed by atoms with van der Waals surface area (Å²) >= 11 is 1.52. The van der Waals surface area contributed by atoms with Gasteiger partial charge >= 0.3 is 0 Å². The first-order chi connectivity index (χ1) is 14.6. The van der Waals surface area contributed by atoms with Crippen LogP contribution in [0.5, 0.6) is 0 Å². The van der Waals surface area contributed by atoms with Gasteiger partial charge in [0.15, 0.2) is 0 Å². The highest BCUT2D eigenvalue weighted by Crippen LogP contribution is 2.24. The number of unbranched alkanes of at least 4 members (excludes halogenated alkanes) is 1. The summed E-state index contributed by atoms with van der Waals surface area (Å²) in [7, 11) is 0. The van der Waals surface area contributed by atoms with Gasteiger partial charge < -0.3 is 14.6 Å². The van der Waals surface area contributed by atoms with Crippen LogP contribution < -0.4 is 5.32 Å². The molecule has 1 aliphatic heterocycles. The number of hydrogen-bond acceptors (Lipinski definition) is 5. The van der Waals surface area contributed by atoms with E-state index in [0.29, 0.717) is 23.7 Å². The number of nitrogens with one attached hydrogen (secondary N) is 1. The molecule has 7 nitrogen and oxygen atoms in total. The number of aryl methyl sites for hydroxylation is 1. The Morgan fingerprint density at radius 2 is 2.07 bits per heavy atom. The van der Waals surface area contributed by atoms with E-state index in [1.807, 2.05) is 33.9 Å². The van der Waals surface area contributed by atoms with Gasteiger partial charge in [-0.25, -0.2) is 9.97 Å². The highest BCUT2D eigenvalue weighted by Gasteiger charge is 2.24. The summed E-state index contributed by atoms with van der Waals surface area (Å²) in [6.07, 6.45) is 10.7. The van der Waals surface area contributed by atoms with Crippen molar-refractivity contribution in [2.45, 2.75) is 39.0 Å². The Morgan fingerprint density at radius 1 is 1.23 bits per heavy atom. The quantitative estimate of drug-likeness (QED) is 0.587. The van der Waals surface area contributed by atoms with E-state index in [4.69, 9.17) is 0 Å². The minimum absolute atomic E-state index is 0.0466. The van der Waals surface area contributed by atoms with Crippen molar-refractivity contribution in [1.82, 2.24) is 24.6 Å². The number of fused-ring (bicyclic) bond motifs is 1. The van der Waals surface area contributed by atoms with Gasteiger partial charge in [-0.05, 0) is 44.2 Å². The van der Waals surface area contributed by atoms with Crippen LogP contribution in [0.1, 0.15) is 58.0 Å². The summed E-state index contributed by atoms with van der Waals surface area (Å²) in [6.45, 7) is 4.23. The Bertz CT molecular complexity index is 1020. The zero-order chi connectivity index (χ0) is 20.9. The van der Waals surface area contributed by atoms with E-state index >= 15 is 0 Å². The maximum Gasteiger partial charge on any atom is 0.273 e. The van der Waals surface area contributed by atoms with E-state index in [9.17, 15) is 9.59 Å². The van der Waals surface area contributed by atoms with Crippen LogP contribution >= 0.6 is 11.3 Å². The van der Waals surface area contributed by atoms with Gasteiger partial charge in [0.05, 0.1) is 10.6 Å². The van der Waals surface area contributed by atoms with Gasteiger partial charge in [-0.3, -0.25) is 9.59 Å². The molecule has 3 aromatic heterocycles. The second-order valence-electron chi connectivity index (χ2n) is 7.85. The first-order valence-corrected chi connectivity index (χ1v) is 11.4. The number of likely N-dealkylation sites (tertiary alicyclic amines) is 1. The second kappa shape index (κ2) is 9.38. The monoisotopic (exact) mass is 425 g/mol. The molecule has 1 saturated heterocycles. The number of thiazole rings is 1. The molecule has 4 heterocycles. The van der Waals surface area contributed by atoms with Crippen LogP contribution in [0.4, 0.5) is 0 Å². The molecule has 0 unspecified atom stereocenters. The van der Waals surface area contributed by atoms with Crippen molar-refractivity contribution in [3.63, 3.8) is 0 Å². The third-order valence-corrected chi connectivity index (χ3v) is 6.49. The molecule has 0 saturated carbocycles. The van der Waals surface area contributed by atoms with E-state index in [-0.39, 0.29) is 11.8 Å². The molecule has 2 amide bonds. The van der Waals surface area contributed by atoms with Crippen LogP contribution in [0.3, 0.4) is 0 Å². The molecule has 0 bridgehead atoms. The smallest absolute Gasteiger partial charge is 0.273 e. The van der Waals surface area contributed by atoms with Gasteiger partial charge in [0, 0.05) is 43.6 Å². The molecule has 1 N–H and O–H groups in total. The van der Waals surface area contributed by atoms with E-state index in [2.05, 4.69) is 15.3 Å². The number of pyridine rings is 1. The molecule has 4 rings (SSSR count). The number of piperidine rings is 1. The van der Waals surface area contributed by atoms with Gasteiger partial charge in [0.2, 0.25) is 0 Å². The van der Waals surface area contributed by atoms with E-state index in [1.54, 1.807) is 18.5 Å². The molecule has 0 spiro atoms. The number of rotatable bonds is 7. The van der Waals surface area contributed by atoms with Crippen molar-refractivity contribution in [2.75, 3.05) is 19.6 Å². The van der Waals surface area contributed by atoms with Crippen molar-refractivity contribution in [1.29, 1.82) is 0 Å². The predicted molar refractivity (Wildman–Crippen MR) is 117 cm³/mol. The topological polar surface area (TPSA) is 79.6 Å². The Morgan fingerprint density at radius 3 is 2.83 bits per heavy atom. The lowest BCUT2D eigenvalue weighted by atomic mass is 9.91. The zero-order valence-electron chi connectivity index (χ0n) is 17.2. The largest absolute Gasteiger partial charge is 0.352 e. The number of imidazole rings is 1. The number of amides is 2. The molecule has 3 aromatic rings. The van der Waals surface area contributed by atoms with Gasteiger partial charge in [0.1, 0.15) is 11.3 Å². The molecule has 30 heavy (non-hydrogen) atoms. The molecule has 0 radical (unpaired) electrons. The third-order valence-electron chi connectivity index (χ3n) is 5.72. The molecular weight excluding hydrogens is 398 g/mol. The standard InChI is InChI=1S/C22H27N5O2S/c1-16-25-19(15-30-16)22(29)26-11-7-17(8-12-26)4-2-3-9-24-21(28)18-5-6-20-23-10-13-27(20)14-18/h5-6,10,13-15,17H,2-4,7-9,11-12H2,1H3,(H,24,28). The Balaban J connectivity index is 1.13. The van der Waals surface area contributed by atoms with Crippen molar-refractivity contribution >= 4 is 28.8 Å². The van der Waals surface area contributed by atoms with Gasteiger partial charge in [0.25, 0.3) is 11.8 Å². The summed E-state index contributed by atoms with van der Waals surface area (Å²) in [4.78, 5) is 35.2. The average molecular weight is 426 g/mol. The fraction of sp³-hybridized carbons (Fsp3) is 0.455. The SMILES string of the molecule is Cc1nc(C(=O)N2CCC(CCCCNC(=O)c3ccc4nccn4c3)CC2)cs1. The summed E-state index contributed by atoms with van der Waals surface area (Å²) in [6, 6.07) is 3.65. The second-order valence-corrected chi connectivity index (χ2v) is 8.91. The minimum Gasteiger partial charge on any atom is -0.352 e. The maximum absolute atomic E-state index is 12.5. The summed E-state index contributed by atoms with van der Waals surface area (Å²) in [5.41, 5.74) is 2.06. The predicted octanol–water partition coefficient (Wildman–Crippen LogP) is 3.55. The molecule has 0 aromatic carbocycles. The Kier molecular flexibility index (Phi) is 6.42. The normalized spacial score (nSPS) is 14.9. The van der Waals surface area contributed by atoms with Crippen LogP contribution in [0.2, 0.25) is 0 Å². The highest BCUT2D eigenvalue weighted by molar-refractivity contribution is 7.09. The number of carbonyl (C=O) groups is 2. The lowest BCUT2D eigenvalue weighted by Crippen LogP contribution is -2.38. The lowest BCUT2D eigenvalue weighted by molar-refractivity contribution is 0.0680. The van der Waals surface area contributed by atoms with Crippen molar-refractivity contribution in [3.05, 3.63) is 52.4 Å². The average Bonchev–Trinajstić information content (AvgIpc) is 3.41. The van der Waals surface area contributed by atoms with Gasteiger partial charge in [-0.1, -0.05) is 12.8 Å². The molecule has 1 aliphatic rings. The lowest BCUT2D eigenvalue weighted by Gasteiger charge is -2.31. The van der Waals surface area contributed by atoms with E-state index < -0.39 is 0 Å². The first-order valence-electron chi connectivity index (χ1n) is 10.5. The van der Waals surface area contributed by atoms with Crippen LogP contribution in [0.25, 0.3) is 5.65 Å². The van der Waals surface area contributed by atoms with E-state index in [1.165, 1.54) is 11.3 Å². The summed E-state index contributed by atoms with van der Waals surface area (Å²) < 4.78 is 1.85. The Hall–Kier alpha value is -2.74. The number of aromatic nitrogens is 3. The van der Waals surface area contributed by atoms with Crippen LogP contribution in [0, 0.1) is 12.8 Å². The third kappa shape index (κ3) is 4.87. The fourth-order valence-electron chi connectivity index (χ4n) is 3.96. The Labute approximate surface area is 180 Å². The van der Waals surface area contributed by atoms with Crippen LogP contribution in [-0.2, 0) is 0 Å². The van der Waals surface area contributed by atoms with Gasteiger partial charge in [-0.2, -0.15) is 0 Å². The zero-order valence-corrected chi connectivity index (χ0v) is 18.0. The molecular formula is C22H27N5O2S.